The van der Waals surface area contributed by atoms with Crippen molar-refractivity contribution in [1.82, 2.24) is 4.90 Å². The maximum atomic E-state index is 13.2. The molecule has 4 aromatic rings. The third-order valence-corrected chi connectivity index (χ3v) is 6.74. The fraction of sp³-hybridized carbons (Fsp3) is 0.276. The largest absolute Gasteiger partial charge is 0.497 e. The maximum Gasteiger partial charge on any atom is 0.255 e. The number of hydrogen-bond donors (Lipinski definition) is 1. The number of anilines is 1. The minimum atomic E-state index is -0.148. The smallest absolute Gasteiger partial charge is 0.255 e. The second-order valence-corrected chi connectivity index (χ2v) is 9.06. The molecule has 0 radical (unpaired) electrons. The van der Waals surface area contributed by atoms with Gasteiger partial charge in [0, 0.05) is 10.9 Å². The van der Waals surface area contributed by atoms with Crippen molar-refractivity contribution in [1.29, 1.82) is 0 Å². The molecule has 1 N–H and O–H groups in total. The summed E-state index contributed by atoms with van der Waals surface area (Å²) in [6.07, 6.45) is 2.26. The number of fused-ring (bicyclic) bond motifs is 1. The fourth-order valence-corrected chi connectivity index (χ4v) is 4.79. The van der Waals surface area contributed by atoms with E-state index < -0.39 is 0 Å². The number of likely N-dealkylation sites (tertiary alicyclic amines) is 1. The van der Waals surface area contributed by atoms with Gasteiger partial charge in [0.05, 0.1) is 18.8 Å². The summed E-state index contributed by atoms with van der Waals surface area (Å²) in [6.45, 7) is 4.24. The highest BCUT2D eigenvalue weighted by Crippen LogP contribution is 2.42. The SMILES string of the molecule is COc1cccc([C@H](c2oc3ccccc3c2NC(=O)c2ccccc2)N2CCC(C)CC2)c1. The fourth-order valence-electron chi connectivity index (χ4n) is 4.79. The average Bonchev–Trinajstić information content (AvgIpc) is 3.23. The van der Waals surface area contributed by atoms with Crippen molar-refractivity contribution in [3.8, 4) is 5.75 Å². The number of carbonyl (C=O) groups is 1. The maximum absolute atomic E-state index is 13.2. The van der Waals surface area contributed by atoms with Gasteiger partial charge in [0.25, 0.3) is 5.91 Å². The lowest BCUT2D eigenvalue weighted by atomic mass is 9.94. The highest BCUT2D eigenvalue weighted by atomic mass is 16.5. The van der Waals surface area contributed by atoms with Crippen LogP contribution in [0.5, 0.6) is 5.75 Å². The van der Waals surface area contributed by atoms with E-state index in [9.17, 15) is 4.79 Å². The van der Waals surface area contributed by atoms with Crippen molar-refractivity contribution in [3.05, 3.63) is 95.7 Å². The minimum Gasteiger partial charge on any atom is -0.497 e. The molecule has 0 aliphatic carbocycles. The van der Waals surface area contributed by atoms with Crippen LogP contribution in [-0.2, 0) is 0 Å². The van der Waals surface area contributed by atoms with E-state index in [-0.39, 0.29) is 11.9 Å². The summed E-state index contributed by atoms with van der Waals surface area (Å²) >= 11 is 0. The molecule has 5 nitrogen and oxygen atoms in total. The van der Waals surface area contributed by atoms with Crippen molar-refractivity contribution in [2.45, 2.75) is 25.8 Å². The van der Waals surface area contributed by atoms with Gasteiger partial charge in [0.1, 0.15) is 17.1 Å². The Hall–Kier alpha value is -3.57. The second kappa shape index (κ2) is 9.74. The van der Waals surface area contributed by atoms with Crippen LogP contribution in [0, 0.1) is 5.92 Å². The number of nitrogens with one attached hydrogen (secondary N) is 1. The first-order valence-electron chi connectivity index (χ1n) is 11.9. The van der Waals surface area contributed by atoms with Crippen LogP contribution in [-0.4, -0.2) is 31.0 Å². The van der Waals surface area contributed by atoms with Gasteiger partial charge in [-0.3, -0.25) is 9.69 Å². The van der Waals surface area contributed by atoms with Crippen molar-refractivity contribution in [2.75, 3.05) is 25.5 Å². The minimum absolute atomic E-state index is 0.138. The molecule has 1 aliphatic heterocycles. The molecule has 1 saturated heterocycles. The van der Waals surface area contributed by atoms with Gasteiger partial charge in [-0.2, -0.15) is 0 Å². The lowest BCUT2D eigenvalue weighted by molar-refractivity contribution is 0.102. The normalized spacial score (nSPS) is 15.8. The van der Waals surface area contributed by atoms with E-state index in [1.807, 2.05) is 66.7 Å². The Bertz CT molecular complexity index is 1270. The molecular weight excluding hydrogens is 424 g/mol. The third kappa shape index (κ3) is 4.44. The predicted molar refractivity (Wildman–Crippen MR) is 135 cm³/mol. The number of furan rings is 1. The van der Waals surface area contributed by atoms with Crippen LogP contribution in [0.25, 0.3) is 11.0 Å². The van der Waals surface area contributed by atoms with E-state index in [0.717, 1.165) is 59.7 Å². The van der Waals surface area contributed by atoms with E-state index in [1.165, 1.54) is 0 Å². The van der Waals surface area contributed by atoms with E-state index >= 15 is 0 Å². The standard InChI is InChI=1S/C29H30N2O3/c1-20-15-17-31(18-16-20)27(22-11-8-12-23(19-22)33-2)28-26(24-13-6-7-14-25(24)34-28)30-29(32)21-9-4-3-5-10-21/h3-14,19-20,27H,15-18H2,1-2H3,(H,30,32)/t27-/m1/s1. The molecule has 0 saturated carbocycles. The number of para-hydroxylation sites is 1. The van der Waals surface area contributed by atoms with Gasteiger partial charge in [0.2, 0.25) is 0 Å². The van der Waals surface area contributed by atoms with Crippen LogP contribution in [0.2, 0.25) is 0 Å². The number of methoxy groups -OCH3 is 1. The highest BCUT2D eigenvalue weighted by molar-refractivity contribution is 6.09. The van der Waals surface area contributed by atoms with Crippen LogP contribution < -0.4 is 10.1 Å². The molecule has 5 rings (SSSR count). The predicted octanol–water partition coefficient (Wildman–Crippen LogP) is 6.52. The summed E-state index contributed by atoms with van der Waals surface area (Å²) < 4.78 is 12.0. The summed E-state index contributed by atoms with van der Waals surface area (Å²) in [6, 6.07) is 25.2. The quantitative estimate of drug-likeness (QED) is 0.361. The molecule has 1 aliphatic rings. The van der Waals surface area contributed by atoms with E-state index in [0.29, 0.717) is 11.5 Å². The summed E-state index contributed by atoms with van der Waals surface area (Å²) in [4.78, 5) is 15.7. The number of amides is 1. The zero-order valence-corrected chi connectivity index (χ0v) is 19.7. The molecule has 0 bridgehead atoms. The molecule has 5 heteroatoms. The van der Waals surface area contributed by atoms with Gasteiger partial charge < -0.3 is 14.5 Å². The third-order valence-electron chi connectivity index (χ3n) is 6.74. The molecule has 0 unspecified atom stereocenters. The Morgan fingerprint density at radius 2 is 1.74 bits per heavy atom. The Morgan fingerprint density at radius 1 is 1.00 bits per heavy atom. The van der Waals surface area contributed by atoms with Gasteiger partial charge in [-0.1, -0.05) is 49.4 Å². The van der Waals surface area contributed by atoms with Crippen molar-refractivity contribution in [2.24, 2.45) is 5.92 Å². The van der Waals surface area contributed by atoms with Crippen molar-refractivity contribution in [3.63, 3.8) is 0 Å². The lowest BCUT2D eigenvalue weighted by Crippen LogP contribution is -2.37. The Labute approximate surface area is 200 Å². The number of rotatable bonds is 6. The Balaban J connectivity index is 1.63. The van der Waals surface area contributed by atoms with Gasteiger partial charge in [-0.15, -0.1) is 0 Å². The molecule has 3 aromatic carbocycles. The summed E-state index contributed by atoms with van der Waals surface area (Å²) in [5, 5.41) is 4.09. The molecule has 1 fully saturated rings. The van der Waals surface area contributed by atoms with E-state index in [4.69, 9.17) is 9.15 Å². The first kappa shape index (κ1) is 22.2. The summed E-state index contributed by atoms with van der Waals surface area (Å²) in [5.41, 5.74) is 3.20. The molecule has 2 heterocycles. The van der Waals surface area contributed by atoms with Crippen molar-refractivity contribution >= 4 is 22.6 Å². The van der Waals surface area contributed by atoms with Crippen molar-refractivity contribution < 1.29 is 13.9 Å². The Morgan fingerprint density at radius 3 is 2.50 bits per heavy atom. The molecule has 0 spiro atoms. The first-order valence-corrected chi connectivity index (χ1v) is 11.9. The van der Waals surface area contributed by atoms with E-state index in [1.54, 1.807) is 7.11 Å². The number of piperidine rings is 1. The number of ether oxygens (including phenoxy) is 1. The zero-order valence-electron chi connectivity index (χ0n) is 19.7. The average molecular weight is 455 g/mol. The van der Waals surface area contributed by atoms with Gasteiger partial charge >= 0.3 is 0 Å². The number of benzene rings is 3. The van der Waals surface area contributed by atoms with Crippen LogP contribution >= 0.6 is 0 Å². The van der Waals surface area contributed by atoms with E-state index in [2.05, 4.69) is 29.3 Å². The van der Waals surface area contributed by atoms with Crippen LogP contribution in [0.15, 0.2) is 83.3 Å². The molecule has 34 heavy (non-hydrogen) atoms. The van der Waals surface area contributed by atoms with Crippen LogP contribution in [0.3, 0.4) is 0 Å². The monoisotopic (exact) mass is 454 g/mol. The van der Waals surface area contributed by atoms with Gasteiger partial charge in [-0.25, -0.2) is 0 Å². The summed E-state index contributed by atoms with van der Waals surface area (Å²) in [7, 11) is 1.68. The molecular formula is C29H30N2O3. The first-order chi connectivity index (χ1) is 16.6. The van der Waals surface area contributed by atoms with Gasteiger partial charge in [-0.05, 0) is 73.8 Å². The topological polar surface area (TPSA) is 54.7 Å². The highest BCUT2D eigenvalue weighted by Gasteiger charge is 2.32. The Kier molecular flexibility index (Phi) is 6.37. The number of carbonyl (C=O) groups excluding carboxylic acids is 1. The molecule has 1 atom stereocenters. The van der Waals surface area contributed by atoms with Crippen LogP contribution in [0.1, 0.15) is 47.5 Å². The molecule has 1 amide bonds. The lowest BCUT2D eigenvalue weighted by Gasteiger charge is -2.36. The summed E-state index contributed by atoms with van der Waals surface area (Å²) in [5.74, 6) is 2.12. The molecule has 1 aromatic heterocycles. The van der Waals surface area contributed by atoms with Crippen LogP contribution in [0.4, 0.5) is 5.69 Å². The molecule has 174 valence electrons. The number of nitrogens with zero attached hydrogens (tertiary/aromatic N) is 1. The van der Waals surface area contributed by atoms with Gasteiger partial charge in [0.15, 0.2) is 0 Å². The second-order valence-electron chi connectivity index (χ2n) is 9.06. The number of hydrogen-bond acceptors (Lipinski definition) is 4. The zero-order chi connectivity index (χ0) is 23.5.